The Bertz CT molecular complexity index is 526. The molecule has 3 rings (SSSR count). The summed E-state index contributed by atoms with van der Waals surface area (Å²) in [6.45, 7) is 8.79. The van der Waals surface area contributed by atoms with Crippen LogP contribution in [0.3, 0.4) is 0 Å². The normalized spacial score (nSPS) is 43.2. The van der Waals surface area contributed by atoms with Gasteiger partial charge in [0.25, 0.3) is 0 Å². The molecule has 3 unspecified atom stereocenters. The Kier molecular flexibility index (Phi) is 2.86. The van der Waals surface area contributed by atoms with Crippen molar-refractivity contribution in [3.63, 3.8) is 0 Å². The van der Waals surface area contributed by atoms with Crippen LogP contribution in [0.2, 0.25) is 0 Å². The fourth-order valence-electron chi connectivity index (χ4n) is 5.26. The molecule has 0 saturated heterocycles. The number of carbonyl (C=O) groups excluding carboxylic acids is 1. The maximum atomic E-state index is 12.1. The number of ketones is 1. The number of allylic oxidation sites excluding steroid dienone is 2. The van der Waals surface area contributed by atoms with Crippen LogP contribution >= 0.6 is 0 Å². The third-order valence-corrected chi connectivity index (χ3v) is 6.24. The Labute approximate surface area is 122 Å². The van der Waals surface area contributed by atoms with Crippen molar-refractivity contribution in [1.29, 1.82) is 0 Å². The minimum absolute atomic E-state index is 0.0262. The van der Waals surface area contributed by atoms with E-state index in [0.717, 1.165) is 24.8 Å². The highest BCUT2D eigenvalue weighted by atomic mass is 16.3. The van der Waals surface area contributed by atoms with Crippen LogP contribution in [0.5, 0.6) is 0 Å². The maximum absolute atomic E-state index is 12.1. The zero-order valence-electron chi connectivity index (χ0n) is 13.1. The Morgan fingerprint density at radius 3 is 2.60 bits per heavy atom. The molecule has 3 aliphatic rings. The van der Waals surface area contributed by atoms with Gasteiger partial charge < -0.3 is 5.11 Å². The van der Waals surface area contributed by atoms with Gasteiger partial charge in [0, 0.05) is 0 Å². The van der Waals surface area contributed by atoms with Gasteiger partial charge in [0.05, 0.1) is 0 Å². The molecular weight excluding hydrogens is 248 g/mol. The van der Waals surface area contributed by atoms with Gasteiger partial charge in [-0.2, -0.15) is 0 Å². The molecule has 0 heterocycles. The van der Waals surface area contributed by atoms with Crippen LogP contribution in [0.15, 0.2) is 23.3 Å². The van der Waals surface area contributed by atoms with E-state index in [1.807, 2.05) is 13.0 Å². The van der Waals surface area contributed by atoms with Gasteiger partial charge in [-0.05, 0) is 72.7 Å². The predicted molar refractivity (Wildman–Crippen MR) is 80.3 cm³/mol. The van der Waals surface area contributed by atoms with Crippen molar-refractivity contribution in [3.8, 4) is 0 Å². The van der Waals surface area contributed by atoms with E-state index >= 15 is 0 Å². The van der Waals surface area contributed by atoms with Crippen molar-refractivity contribution in [2.24, 2.45) is 16.7 Å². The summed E-state index contributed by atoms with van der Waals surface area (Å²) in [5.41, 5.74) is 1.07. The van der Waals surface area contributed by atoms with Crippen LogP contribution in [0.25, 0.3) is 0 Å². The lowest BCUT2D eigenvalue weighted by Crippen LogP contribution is -2.54. The average Bonchev–Trinajstić information content (AvgIpc) is 2.31. The minimum Gasteiger partial charge on any atom is -0.381 e. The highest BCUT2D eigenvalue weighted by molar-refractivity contribution is 6.05. The molecule has 0 aliphatic heterocycles. The molecule has 2 fully saturated rings. The van der Waals surface area contributed by atoms with Crippen LogP contribution in [0.1, 0.15) is 59.8 Å². The van der Waals surface area contributed by atoms with Gasteiger partial charge >= 0.3 is 0 Å². The fourth-order valence-corrected chi connectivity index (χ4v) is 5.26. The Morgan fingerprint density at radius 2 is 1.90 bits per heavy atom. The summed E-state index contributed by atoms with van der Waals surface area (Å²) in [6, 6.07) is 0. The van der Waals surface area contributed by atoms with Crippen LogP contribution < -0.4 is 0 Å². The monoisotopic (exact) mass is 274 g/mol. The predicted octanol–water partition coefficient (Wildman–Crippen LogP) is 3.80. The number of hydrogen-bond donors (Lipinski definition) is 1. The standard InChI is InChI=1S/C18H26O2/c1-12-11-18(20)9-6-14-16(2,3)7-5-8-17(14,4)15(18)10-13(12)19/h10-11,14,20H,5-9H2,1-4H3. The zero-order chi connectivity index (χ0) is 14.8. The lowest BCUT2D eigenvalue weighted by Gasteiger charge is -2.59. The lowest BCUT2D eigenvalue weighted by atomic mass is 9.47. The van der Waals surface area contributed by atoms with Crippen LogP contribution in [0.4, 0.5) is 0 Å². The first-order chi connectivity index (χ1) is 9.19. The van der Waals surface area contributed by atoms with Gasteiger partial charge in [-0.3, -0.25) is 4.79 Å². The van der Waals surface area contributed by atoms with Gasteiger partial charge in [0.1, 0.15) is 5.60 Å². The average molecular weight is 274 g/mol. The van der Waals surface area contributed by atoms with E-state index in [-0.39, 0.29) is 11.2 Å². The first-order valence-corrected chi connectivity index (χ1v) is 7.88. The summed E-state index contributed by atoms with van der Waals surface area (Å²) < 4.78 is 0. The Balaban J connectivity index is 2.10. The summed E-state index contributed by atoms with van der Waals surface area (Å²) in [4.78, 5) is 12.1. The third kappa shape index (κ3) is 1.77. The molecule has 0 aromatic carbocycles. The number of aliphatic hydroxyl groups is 1. The van der Waals surface area contributed by atoms with E-state index in [2.05, 4.69) is 20.8 Å². The van der Waals surface area contributed by atoms with Gasteiger partial charge in [-0.15, -0.1) is 0 Å². The SMILES string of the molecule is CC1=CC2(O)CCC3C(C)(C)CCCC3(C)C2=CC1=O. The smallest absolute Gasteiger partial charge is 0.181 e. The Hall–Kier alpha value is -0.890. The van der Waals surface area contributed by atoms with Crippen LogP contribution in [0, 0.1) is 16.7 Å². The van der Waals surface area contributed by atoms with E-state index in [9.17, 15) is 9.90 Å². The second-order valence-corrected chi connectivity index (χ2v) is 8.02. The van der Waals surface area contributed by atoms with E-state index in [1.54, 1.807) is 6.08 Å². The molecule has 0 aromatic heterocycles. The quantitative estimate of drug-likeness (QED) is 0.729. The topological polar surface area (TPSA) is 37.3 Å². The molecule has 0 amide bonds. The molecule has 2 saturated carbocycles. The summed E-state index contributed by atoms with van der Waals surface area (Å²) in [5.74, 6) is 0.643. The number of rotatable bonds is 0. The lowest BCUT2D eigenvalue weighted by molar-refractivity contribution is -0.112. The number of hydrogen-bond acceptors (Lipinski definition) is 2. The highest BCUT2D eigenvalue weighted by Gasteiger charge is 2.56. The van der Waals surface area contributed by atoms with E-state index in [0.29, 0.717) is 16.9 Å². The van der Waals surface area contributed by atoms with E-state index < -0.39 is 5.60 Å². The van der Waals surface area contributed by atoms with E-state index in [4.69, 9.17) is 0 Å². The van der Waals surface area contributed by atoms with Crippen LogP contribution in [-0.4, -0.2) is 16.5 Å². The molecule has 0 bridgehead atoms. The number of fused-ring (bicyclic) bond motifs is 3. The second-order valence-electron chi connectivity index (χ2n) is 8.02. The van der Waals surface area contributed by atoms with Gasteiger partial charge in [0.15, 0.2) is 5.78 Å². The summed E-state index contributed by atoms with van der Waals surface area (Å²) in [5, 5.41) is 11.1. The first kappa shape index (κ1) is 14.1. The molecule has 3 atom stereocenters. The molecule has 1 N–H and O–H groups in total. The fraction of sp³-hybridized carbons (Fsp3) is 0.722. The molecular formula is C18H26O2. The molecule has 0 spiro atoms. The number of carbonyl (C=O) groups is 1. The molecule has 110 valence electrons. The molecule has 2 nitrogen and oxygen atoms in total. The van der Waals surface area contributed by atoms with E-state index in [1.165, 1.54) is 12.8 Å². The Morgan fingerprint density at radius 1 is 1.20 bits per heavy atom. The van der Waals surface area contributed by atoms with Crippen molar-refractivity contribution in [3.05, 3.63) is 23.3 Å². The van der Waals surface area contributed by atoms with Gasteiger partial charge in [-0.1, -0.05) is 27.2 Å². The molecule has 3 aliphatic carbocycles. The third-order valence-electron chi connectivity index (χ3n) is 6.24. The van der Waals surface area contributed by atoms with Crippen molar-refractivity contribution >= 4 is 5.78 Å². The summed E-state index contributed by atoms with van der Waals surface area (Å²) >= 11 is 0. The molecule has 2 heteroatoms. The zero-order valence-corrected chi connectivity index (χ0v) is 13.1. The van der Waals surface area contributed by atoms with Gasteiger partial charge in [0.2, 0.25) is 0 Å². The molecule has 0 radical (unpaired) electrons. The molecule has 0 aromatic rings. The molecule has 20 heavy (non-hydrogen) atoms. The van der Waals surface area contributed by atoms with Crippen molar-refractivity contribution in [1.82, 2.24) is 0 Å². The van der Waals surface area contributed by atoms with Crippen molar-refractivity contribution in [2.75, 3.05) is 0 Å². The highest BCUT2D eigenvalue weighted by Crippen LogP contribution is 2.62. The largest absolute Gasteiger partial charge is 0.381 e. The maximum Gasteiger partial charge on any atom is 0.181 e. The van der Waals surface area contributed by atoms with Crippen LogP contribution in [-0.2, 0) is 4.79 Å². The first-order valence-electron chi connectivity index (χ1n) is 7.88. The second kappa shape index (κ2) is 4.07. The summed E-state index contributed by atoms with van der Waals surface area (Å²) in [6.07, 6.45) is 8.90. The summed E-state index contributed by atoms with van der Waals surface area (Å²) in [7, 11) is 0. The van der Waals surface area contributed by atoms with Crippen molar-refractivity contribution < 1.29 is 9.90 Å². The van der Waals surface area contributed by atoms with Gasteiger partial charge in [-0.25, -0.2) is 0 Å². The van der Waals surface area contributed by atoms with Crippen molar-refractivity contribution in [2.45, 2.75) is 65.4 Å². The minimum atomic E-state index is -0.878.